The third-order valence-electron chi connectivity index (χ3n) is 2.44. The zero-order valence-electron chi connectivity index (χ0n) is 8.45. The van der Waals surface area contributed by atoms with Gasteiger partial charge in [0.1, 0.15) is 5.82 Å². The minimum absolute atomic E-state index is 0.547. The Morgan fingerprint density at radius 2 is 2.20 bits per heavy atom. The summed E-state index contributed by atoms with van der Waals surface area (Å²) < 4.78 is 0.998. The Hall–Kier alpha value is -0.260. The molecule has 82 valence electrons. The van der Waals surface area contributed by atoms with Crippen LogP contribution < -0.4 is 10.6 Å². The summed E-state index contributed by atoms with van der Waals surface area (Å²) >= 11 is 5.42. The Morgan fingerprint density at radius 3 is 2.87 bits per heavy atom. The molecule has 5 heteroatoms. The van der Waals surface area contributed by atoms with E-state index in [1.807, 2.05) is 18.0 Å². The van der Waals surface area contributed by atoms with Crippen molar-refractivity contribution in [2.75, 3.05) is 29.5 Å². The van der Waals surface area contributed by atoms with Gasteiger partial charge in [0.2, 0.25) is 0 Å². The predicted octanol–water partition coefficient (Wildman–Crippen LogP) is 1.86. The molecule has 0 saturated carbocycles. The van der Waals surface area contributed by atoms with Crippen LogP contribution in [0.3, 0.4) is 0 Å². The molecule has 3 nitrogen and oxygen atoms in total. The SMILES string of the molecule is NCc1cc(Br)cnc1N1CCSCC1. The molecular formula is C10H14BrN3S. The number of nitrogens with two attached hydrogens (primary N) is 1. The highest BCUT2D eigenvalue weighted by Crippen LogP contribution is 2.23. The Balaban J connectivity index is 2.25. The number of anilines is 1. The molecule has 0 amide bonds. The molecule has 2 rings (SSSR count). The van der Waals surface area contributed by atoms with Gasteiger partial charge in [0, 0.05) is 47.4 Å². The van der Waals surface area contributed by atoms with Crippen molar-refractivity contribution in [3.8, 4) is 0 Å². The first-order chi connectivity index (χ1) is 7.31. The molecular weight excluding hydrogens is 274 g/mol. The number of hydrogen-bond donors (Lipinski definition) is 1. The van der Waals surface area contributed by atoms with Crippen LogP contribution in [0, 0.1) is 0 Å². The molecule has 15 heavy (non-hydrogen) atoms. The van der Waals surface area contributed by atoms with Crippen LogP contribution in [0.4, 0.5) is 5.82 Å². The summed E-state index contributed by atoms with van der Waals surface area (Å²) in [4.78, 5) is 6.79. The first-order valence-corrected chi connectivity index (χ1v) is 6.93. The predicted molar refractivity (Wildman–Crippen MR) is 69.4 cm³/mol. The maximum atomic E-state index is 5.73. The van der Waals surface area contributed by atoms with E-state index in [2.05, 4.69) is 31.9 Å². The lowest BCUT2D eigenvalue weighted by molar-refractivity contribution is 0.824. The summed E-state index contributed by atoms with van der Waals surface area (Å²) in [5.41, 5.74) is 6.86. The summed E-state index contributed by atoms with van der Waals surface area (Å²) in [7, 11) is 0. The van der Waals surface area contributed by atoms with E-state index in [1.54, 1.807) is 0 Å². The van der Waals surface area contributed by atoms with Crippen molar-refractivity contribution < 1.29 is 0 Å². The van der Waals surface area contributed by atoms with Crippen molar-refractivity contribution in [3.05, 3.63) is 22.3 Å². The van der Waals surface area contributed by atoms with E-state index in [0.29, 0.717) is 6.54 Å². The first-order valence-electron chi connectivity index (χ1n) is 4.98. The van der Waals surface area contributed by atoms with Gasteiger partial charge < -0.3 is 10.6 Å². The highest BCUT2D eigenvalue weighted by Gasteiger charge is 2.15. The monoisotopic (exact) mass is 287 g/mol. The molecule has 1 fully saturated rings. The molecule has 1 aliphatic heterocycles. The van der Waals surface area contributed by atoms with Gasteiger partial charge in [0.25, 0.3) is 0 Å². The maximum absolute atomic E-state index is 5.73. The van der Waals surface area contributed by atoms with Crippen LogP contribution in [0.2, 0.25) is 0 Å². The Bertz CT molecular complexity index is 339. The lowest BCUT2D eigenvalue weighted by Gasteiger charge is -2.29. The number of thioether (sulfide) groups is 1. The molecule has 2 N–H and O–H groups in total. The molecule has 0 spiro atoms. The fraction of sp³-hybridized carbons (Fsp3) is 0.500. The number of pyridine rings is 1. The van der Waals surface area contributed by atoms with E-state index in [0.717, 1.165) is 28.9 Å². The molecule has 1 saturated heterocycles. The van der Waals surface area contributed by atoms with Crippen molar-refractivity contribution in [3.63, 3.8) is 0 Å². The number of rotatable bonds is 2. The van der Waals surface area contributed by atoms with Gasteiger partial charge in [0.15, 0.2) is 0 Å². The molecule has 2 heterocycles. The van der Waals surface area contributed by atoms with Gasteiger partial charge >= 0.3 is 0 Å². The summed E-state index contributed by atoms with van der Waals surface area (Å²) in [6.07, 6.45) is 1.84. The van der Waals surface area contributed by atoms with Crippen LogP contribution in [0.25, 0.3) is 0 Å². The second-order valence-corrected chi connectivity index (χ2v) is 5.58. The van der Waals surface area contributed by atoms with Gasteiger partial charge in [-0.1, -0.05) is 0 Å². The molecule has 0 bridgehead atoms. The van der Waals surface area contributed by atoms with Gasteiger partial charge in [-0.15, -0.1) is 0 Å². The molecule has 0 radical (unpaired) electrons. The largest absolute Gasteiger partial charge is 0.355 e. The number of aromatic nitrogens is 1. The summed E-state index contributed by atoms with van der Waals surface area (Å²) in [6, 6.07) is 2.06. The highest BCUT2D eigenvalue weighted by atomic mass is 79.9. The number of hydrogen-bond acceptors (Lipinski definition) is 4. The van der Waals surface area contributed by atoms with Crippen LogP contribution in [-0.4, -0.2) is 29.6 Å². The normalized spacial score (nSPS) is 16.8. The zero-order chi connectivity index (χ0) is 10.7. The topological polar surface area (TPSA) is 42.1 Å². The third kappa shape index (κ3) is 2.65. The Morgan fingerprint density at radius 1 is 1.47 bits per heavy atom. The molecule has 0 atom stereocenters. The second-order valence-electron chi connectivity index (χ2n) is 3.44. The van der Waals surface area contributed by atoms with Crippen LogP contribution >= 0.6 is 27.7 Å². The molecule has 1 aliphatic rings. The fourth-order valence-electron chi connectivity index (χ4n) is 1.68. The first kappa shape index (κ1) is 11.2. The summed E-state index contributed by atoms with van der Waals surface area (Å²) in [5, 5.41) is 0. The van der Waals surface area contributed by atoms with Gasteiger partial charge in [0.05, 0.1) is 0 Å². The Kier molecular flexibility index (Phi) is 3.88. The van der Waals surface area contributed by atoms with Crippen molar-refractivity contribution in [2.45, 2.75) is 6.54 Å². The molecule has 0 unspecified atom stereocenters. The van der Waals surface area contributed by atoms with Crippen molar-refractivity contribution in [1.29, 1.82) is 0 Å². The van der Waals surface area contributed by atoms with Crippen molar-refractivity contribution in [1.82, 2.24) is 4.98 Å². The fourth-order valence-corrected chi connectivity index (χ4v) is 2.97. The van der Waals surface area contributed by atoms with Crippen LogP contribution in [0.15, 0.2) is 16.7 Å². The van der Waals surface area contributed by atoms with E-state index in [1.165, 1.54) is 11.5 Å². The lowest BCUT2D eigenvalue weighted by Crippen LogP contribution is -2.34. The van der Waals surface area contributed by atoms with Crippen LogP contribution in [0.1, 0.15) is 5.56 Å². The standard InChI is InChI=1S/C10H14BrN3S/c11-9-5-8(6-12)10(13-7-9)14-1-3-15-4-2-14/h5,7H,1-4,6,12H2. The van der Waals surface area contributed by atoms with Gasteiger partial charge in [-0.2, -0.15) is 11.8 Å². The van der Waals surface area contributed by atoms with E-state index < -0.39 is 0 Å². The zero-order valence-corrected chi connectivity index (χ0v) is 10.9. The number of nitrogens with zero attached hydrogens (tertiary/aromatic N) is 2. The second kappa shape index (κ2) is 5.18. The Labute approximate surface area is 103 Å². The summed E-state index contributed by atoms with van der Waals surface area (Å²) in [5.74, 6) is 3.42. The third-order valence-corrected chi connectivity index (χ3v) is 3.82. The highest BCUT2D eigenvalue weighted by molar-refractivity contribution is 9.10. The van der Waals surface area contributed by atoms with E-state index in [-0.39, 0.29) is 0 Å². The minimum Gasteiger partial charge on any atom is -0.355 e. The van der Waals surface area contributed by atoms with E-state index in [9.17, 15) is 0 Å². The lowest BCUT2D eigenvalue weighted by atomic mass is 10.2. The maximum Gasteiger partial charge on any atom is 0.133 e. The minimum atomic E-state index is 0.547. The summed E-state index contributed by atoms with van der Waals surface area (Å²) in [6.45, 7) is 2.70. The average Bonchev–Trinajstić information content (AvgIpc) is 2.30. The van der Waals surface area contributed by atoms with Crippen LogP contribution in [-0.2, 0) is 6.54 Å². The number of halogens is 1. The van der Waals surface area contributed by atoms with Crippen LogP contribution in [0.5, 0.6) is 0 Å². The van der Waals surface area contributed by atoms with Crippen molar-refractivity contribution >= 4 is 33.5 Å². The van der Waals surface area contributed by atoms with Crippen molar-refractivity contribution in [2.24, 2.45) is 5.73 Å². The van der Waals surface area contributed by atoms with Gasteiger partial charge in [-0.05, 0) is 22.0 Å². The molecule has 0 aliphatic carbocycles. The molecule has 1 aromatic heterocycles. The van der Waals surface area contributed by atoms with E-state index >= 15 is 0 Å². The molecule has 0 aromatic carbocycles. The average molecular weight is 288 g/mol. The van der Waals surface area contributed by atoms with E-state index in [4.69, 9.17) is 5.73 Å². The van der Waals surface area contributed by atoms with Gasteiger partial charge in [-0.25, -0.2) is 4.98 Å². The quantitative estimate of drug-likeness (QED) is 0.902. The smallest absolute Gasteiger partial charge is 0.133 e. The van der Waals surface area contributed by atoms with Gasteiger partial charge in [-0.3, -0.25) is 0 Å². The molecule has 1 aromatic rings.